The smallest absolute Gasteiger partial charge is 0.0594 e. The van der Waals surface area contributed by atoms with Gasteiger partial charge in [-0.1, -0.05) is 13.8 Å². The standard InChI is InChI=1S/C14H29N3O/c1-13(2)11-15-4-6-16-5-3-14(12-16)17-7-9-18-10-8-17/h13-15H,3-12H2,1-2H3. The Kier molecular flexibility index (Phi) is 5.89. The van der Waals surface area contributed by atoms with E-state index >= 15 is 0 Å². The lowest BCUT2D eigenvalue weighted by Crippen LogP contribution is -2.45. The number of rotatable bonds is 6. The molecule has 0 amide bonds. The Morgan fingerprint density at radius 1 is 1.22 bits per heavy atom. The second-order valence-corrected chi connectivity index (χ2v) is 5.99. The fraction of sp³-hybridized carbons (Fsp3) is 1.00. The molecule has 2 heterocycles. The first-order chi connectivity index (χ1) is 8.75. The van der Waals surface area contributed by atoms with E-state index in [1.807, 2.05) is 0 Å². The molecule has 4 nitrogen and oxygen atoms in total. The zero-order valence-electron chi connectivity index (χ0n) is 12.0. The van der Waals surface area contributed by atoms with Crippen molar-refractivity contribution in [2.24, 2.45) is 5.92 Å². The molecule has 4 heteroatoms. The van der Waals surface area contributed by atoms with Crippen LogP contribution in [0.1, 0.15) is 20.3 Å². The molecule has 0 spiro atoms. The quantitative estimate of drug-likeness (QED) is 0.705. The van der Waals surface area contributed by atoms with E-state index in [0.29, 0.717) is 0 Å². The van der Waals surface area contributed by atoms with Crippen molar-refractivity contribution in [3.05, 3.63) is 0 Å². The van der Waals surface area contributed by atoms with Gasteiger partial charge < -0.3 is 15.0 Å². The third kappa shape index (κ3) is 4.50. The molecule has 0 aromatic rings. The minimum atomic E-state index is 0.754. The first kappa shape index (κ1) is 14.3. The molecule has 1 atom stereocenters. The van der Waals surface area contributed by atoms with Crippen molar-refractivity contribution in [1.82, 2.24) is 15.1 Å². The molecule has 0 aromatic heterocycles. The van der Waals surface area contributed by atoms with E-state index in [-0.39, 0.29) is 0 Å². The van der Waals surface area contributed by atoms with Crippen LogP contribution in [0.15, 0.2) is 0 Å². The van der Waals surface area contributed by atoms with Crippen molar-refractivity contribution in [1.29, 1.82) is 0 Å². The van der Waals surface area contributed by atoms with Crippen LogP contribution in [0.4, 0.5) is 0 Å². The van der Waals surface area contributed by atoms with E-state index in [4.69, 9.17) is 4.74 Å². The Balaban J connectivity index is 1.59. The number of nitrogens with one attached hydrogen (secondary N) is 1. The molecule has 106 valence electrons. The van der Waals surface area contributed by atoms with Crippen molar-refractivity contribution in [2.75, 3.05) is 59.0 Å². The van der Waals surface area contributed by atoms with Gasteiger partial charge in [0.25, 0.3) is 0 Å². The van der Waals surface area contributed by atoms with E-state index in [1.54, 1.807) is 0 Å². The first-order valence-corrected chi connectivity index (χ1v) is 7.50. The lowest BCUT2D eigenvalue weighted by atomic mass is 10.2. The van der Waals surface area contributed by atoms with Crippen molar-refractivity contribution in [3.8, 4) is 0 Å². The van der Waals surface area contributed by atoms with Crippen LogP contribution in [0.3, 0.4) is 0 Å². The number of hydrogen-bond donors (Lipinski definition) is 1. The van der Waals surface area contributed by atoms with Crippen LogP contribution in [0, 0.1) is 5.92 Å². The highest BCUT2D eigenvalue weighted by molar-refractivity contribution is 4.84. The average Bonchev–Trinajstić information content (AvgIpc) is 2.84. The van der Waals surface area contributed by atoms with Crippen molar-refractivity contribution >= 4 is 0 Å². The summed E-state index contributed by atoms with van der Waals surface area (Å²) in [5, 5.41) is 3.53. The maximum Gasteiger partial charge on any atom is 0.0594 e. The lowest BCUT2D eigenvalue weighted by molar-refractivity contribution is 0.0185. The topological polar surface area (TPSA) is 27.7 Å². The third-order valence-corrected chi connectivity index (χ3v) is 3.97. The normalized spacial score (nSPS) is 27.2. The molecule has 2 rings (SSSR count). The Bertz CT molecular complexity index is 229. The van der Waals surface area contributed by atoms with Gasteiger partial charge in [-0.3, -0.25) is 4.90 Å². The second-order valence-electron chi connectivity index (χ2n) is 5.99. The van der Waals surface area contributed by atoms with Crippen LogP contribution < -0.4 is 5.32 Å². The van der Waals surface area contributed by atoms with Gasteiger partial charge in [-0.2, -0.15) is 0 Å². The molecule has 18 heavy (non-hydrogen) atoms. The van der Waals surface area contributed by atoms with E-state index in [1.165, 1.54) is 26.1 Å². The average molecular weight is 255 g/mol. The van der Waals surface area contributed by atoms with E-state index in [0.717, 1.165) is 51.4 Å². The van der Waals surface area contributed by atoms with Crippen LogP contribution in [-0.4, -0.2) is 74.9 Å². The summed E-state index contributed by atoms with van der Waals surface area (Å²) in [4.78, 5) is 5.22. The summed E-state index contributed by atoms with van der Waals surface area (Å²) in [5.41, 5.74) is 0. The Morgan fingerprint density at radius 3 is 2.72 bits per heavy atom. The molecular weight excluding hydrogens is 226 g/mol. The molecule has 0 radical (unpaired) electrons. The van der Waals surface area contributed by atoms with Gasteiger partial charge in [-0.25, -0.2) is 0 Å². The predicted molar refractivity (Wildman–Crippen MR) is 74.9 cm³/mol. The van der Waals surface area contributed by atoms with Gasteiger partial charge in [0, 0.05) is 38.8 Å². The fourth-order valence-corrected chi connectivity index (χ4v) is 2.88. The molecule has 2 fully saturated rings. The summed E-state index contributed by atoms with van der Waals surface area (Å²) in [6.45, 7) is 14.6. The molecule has 2 aliphatic heterocycles. The number of ether oxygens (including phenoxy) is 1. The number of nitrogens with zero attached hydrogens (tertiary/aromatic N) is 2. The SMILES string of the molecule is CC(C)CNCCN1CCC(N2CCOCC2)C1. The third-order valence-electron chi connectivity index (χ3n) is 3.97. The molecule has 0 saturated carbocycles. The largest absolute Gasteiger partial charge is 0.379 e. The summed E-state index contributed by atoms with van der Waals surface area (Å²) in [6, 6.07) is 0.777. The number of hydrogen-bond acceptors (Lipinski definition) is 4. The monoisotopic (exact) mass is 255 g/mol. The molecule has 1 unspecified atom stereocenters. The lowest BCUT2D eigenvalue weighted by Gasteiger charge is -2.32. The van der Waals surface area contributed by atoms with Gasteiger partial charge in [0.1, 0.15) is 0 Å². The second kappa shape index (κ2) is 7.43. The van der Waals surface area contributed by atoms with Crippen molar-refractivity contribution in [3.63, 3.8) is 0 Å². The summed E-state index contributed by atoms with van der Waals surface area (Å²) in [5.74, 6) is 0.754. The molecule has 1 N–H and O–H groups in total. The summed E-state index contributed by atoms with van der Waals surface area (Å²) >= 11 is 0. The van der Waals surface area contributed by atoms with Crippen LogP contribution in [0.25, 0.3) is 0 Å². The van der Waals surface area contributed by atoms with Gasteiger partial charge >= 0.3 is 0 Å². The molecular formula is C14H29N3O. The zero-order valence-corrected chi connectivity index (χ0v) is 12.0. The number of morpholine rings is 1. The first-order valence-electron chi connectivity index (χ1n) is 7.50. The highest BCUT2D eigenvalue weighted by atomic mass is 16.5. The van der Waals surface area contributed by atoms with E-state index < -0.39 is 0 Å². The van der Waals surface area contributed by atoms with Gasteiger partial charge in [0.2, 0.25) is 0 Å². The summed E-state index contributed by atoms with van der Waals surface area (Å²) < 4.78 is 5.42. The highest BCUT2D eigenvalue weighted by Gasteiger charge is 2.28. The predicted octanol–water partition coefficient (Wildman–Crippen LogP) is 0.639. The van der Waals surface area contributed by atoms with Gasteiger partial charge in [-0.15, -0.1) is 0 Å². The summed E-state index contributed by atoms with van der Waals surface area (Å²) in [7, 11) is 0. The summed E-state index contributed by atoms with van der Waals surface area (Å²) in [6.07, 6.45) is 1.34. The van der Waals surface area contributed by atoms with Crippen LogP contribution in [0.5, 0.6) is 0 Å². The Labute approximate surface area is 112 Å². The van der Waals surface area contributed by atoms with Crippen molar-refractivity contribution in [2.45, 2.75) is 26.3 Å². The molecule has 2 saturated heterocycles. The zero-order chi connectivity index (χ0) is 12.8. The highest BCUT2D eigenvalue weighted by Crippen LogP contribution is 2.16. The maximum absolute atomic E-state index is 5.42. The van der Waals surface area contributed by atoms with Crippen LogP contribution in [-0.2, 0) is 4.74 Å². The van der Waals surface area contributed by atoms with Gasteiger partial charge in [0.15, 0.2) is 0 Å². The fourth-order valence-electron chi connectivity index (χ4n) is 2.88. The maximum atomic E-state index is 5.42. The van der Waals surface area contributed by atoms with Gasteiger partial charge in [-0.05, 0) is 25.4 Å². The van der Waals surface area contributed by atoms with Crippen LogP contribution in [0.2, 0.25) is 0 Å². The minimum absolute atomic E-state index is 0.754. The van der Waals surface area contributed by atoms with Crippen LogP contribution >= 0.6 is 0 Å². The molecule has 0 aliphatic carbocycles. The van der Waals surface area contributed by atoms with E-state index in [9.17, 15) is 0 Å². The van der Waals surface area contributed by atoms with E-state index in [2.05, 4.69) is 29.0 Å². The Morgan fingerprint density at radius 2 is 2.00 bits per heavy atom. The number of likely N-dealkylation sites (tertiary alicyclic amines) is 1. The van der Waals surface area contributed by atoms with Crippen molar-refractivity contribution < 1.29 is 4.74 Å². The molecule has 0 bridgehead atoms. The minimum Gasteiger partial charge on any atom is -0.379 e. The Hall–Kier alpha value is -0.160. The molecule has 0 aromatic carbocycles. The van der Waals surface area contributed by atoms with Gasteiger partial charge in [0.05, 0.1) is 13.2 Å². The molecule has 2 aliphatic rings.